The molecule has 0 amide bonds. The Bertz CT molecular complexity index is 268. The Morgan fingerprint density at radius 2 is 1.80 bits per heavy atom. The lowest BCUT2D eigenvalue weighted by molar-refractivity contribution is 0.112. The van der Waals surface area contributed by atoms with Gasteiger partial charge in [-0.25, -0.2) is 0 Å². The molecule has 0 aliphatic carbocycles. The van der Waals surface area contributed by atoms with Crippen LogP contribution in [0.25, 0.3) is 0 Å². The smallest absolute Gasteiger partial charge is 0.153 e. The van der Waals surface area contributed by atoms with E-state index in [-0.39, 0.29) is 0 Å². The van der Waals surface area contributed by atoms with Crippen LogP contribution >= 0.6 is 59.1 Å². The number of carbonyl (C=O) groups excluding carboxylic acids is 1. The molecule has 0 unspecified atom stereocenters. The summed E-state index contributed by atoms with van der Waals surface area (Å²) in [6.07, 6.45) is 0.815. The third-order valence-electron chi connectivity index (χ3n) is 0.918. The number of thiophene rings is 1. The van der Waals surface area contributed by atoms with E-state index in [4.69, 9.17) is 0 Å². The second kappa shape index (κ2) is 3.47. The van der Waals surface area contributed by atoms with Crippen molar-refractivity contribution in [3.8, 4) is 0 Å². The van der Waals surface area contributed by atoms with E-state index in [0.717, 1.165) is 18.3 Å². The molecule has 1 heterocycles. The maximum atomic E-state index is 10.4. The van der Waals surface area contributed by atoms with Gasteiger partial charge in [0.2, 0.25) is 0 Å². The average molecular weight is 349 g/mol. The maximum absolute atomic E-state index is 10.4. The van der Waals surface area contributed by atoms with Gasteiger partial charge in [0, 0.05) is 0 Å². The summed E-state index contributed by atoms with van der Waals surface area (Å²) in [5.41, 5.74) is 0.664. The van der Waals surface area contributed by atoms with Crippen LogP contribution in [0.3, 0.4) is 0 Å². The van der Waals surface area contributed by atoms with Gasteiger partial charge in [-0.15, -0.1) is 11.3 Å². The summed E-state index contributed by atoms with van der Waals surface area (Å²) in [7, 11) is 0. The van der Waals surface area contributed by atoms with Crippen LogP contribution in [0.15, 0.2) is 12.0 Å². The molecule has 0 aromatic carbocycles. The molecule has 1 rings (SSSR count). The number of carbonyl (C=O) groups is 1. The normalized spacial score (nSPS) is 9.90. The number of halogens is 3. The first kappa shape index (κ1) is 8.90. The van der Waals surface area contributed by atoms with Crippen molar-refractivity contribution in [2.45, 2.75) is 0 Å². The van der Waals surface area contributed by atoms with E-state index >= 15 is 0 Å². The zero-order valence-electron chi connectivity index (χ0n) is 4.53. The lowest BCUT2D eigenvalue weighted by Crippen LogP contribution is -1.74. The van der Waals surface area contributed by atoms with Gasteiger partial charge in [0.05, 0.1) is 17.6 Å². The van der Waals surface area contributed by atoms with Crippen molar-refractivity contribution in [3.63, 3.8) is 0 Å². The minimum absolute atomic E-state index is 0.664. The summed E-state index contributed by atoms with van der Waals surface area (Å²) >= 11 is 11.3. The highest BCUT2D eigenvalue weighted by atomic mass is 79.9. The highest BCUT2D eigenvalue weighted by Crippen LogP contribution is 2.39. The molecule has 1 nitrogen and oxygen atoms in total. The van der Waals surface area contributed by atoms with Crippen molar-refractivity contribution in [2.75, 3.05) is 0 Å². The fourth-order valence-electron chi connectivity index (χ4n) is 0.469. The summed E-state index contributed by atoms with van der Waals surface area (Å²) < 4.78 is 2.60. The molecule has 0 radical (unpaired) electrons. The third-order valence-corrected chi connectivity index (χ3v) is 5.11. The molecule has 0 saturated heterocycles. The molecule has 54 valence electrons. The SMILES string of the molecule is O=Cc1c(Br)sc(Br)c1Br. The Balaban J connectivity index is 3.33. The maximum Gasteiger partial charge on any atom is 0.153 e. The average Bonchev–Trinajstić information content (AvgIpc) is 2.09. The van der Waals surface area contributed by atoms with Crippen LogP contribution in [-0.4, -0.2) is 6.29 Å². The number of hydrogen-bond acceptors (Lipinski definition) is 2. The van der Waals surface area contributed by atoms with E-state index in [0.29, 0.717) is 5.56 Å². The van der Waals surface area contributed by atoms with Crippen molar-refractivity contribution < 1.29 is 4.79 Å². The zero-order valence-corrected chi connectivity index (χ0v) is 10.1. The Labute approximate surface area is 87.2 Å². The lowest BCUT2D eigenvalue weighted by atomic mass is 10.4. The Hall–Kier alpha value is 0.810. The van der Waals surface area contributed by atoms with Gasteiger partial charge in [0.15, 0.2) is 6.29 Å². The number of hydrogen-bond donors (Lipinski definition) is 0. The molecule has 1 aromatic heterocycles. The topological polar surface area (TPSA) is 17.1 Å². The second-order valence-corrected chi connectivity index (χ2v) is 5.94. The molecular formula is C5HBr3OS. The van der Waals surface area contributed by atoms with Crippen LogP contribution in [0.4, 0.5) is 0 Å². The van der Waals surface area contributed by atoms with Gasteiger partial charge in [-0.05, 0) is 47.8 Å². The molecule has 1 aromatic rings. The molecule has 0 spiro atoms. The van der Waals surface area contributed by atoms with E-state index in [1.165, 1.54) is 11.3 Å². The zero-order chi connectivity index (χ0) is 7.72. The van der Waals surface area contributed by atoms with Crippen molar-refractivity contribution in [1.82, 2.24) is 0 Å². The molecule has 0 N–H and O–H groups in total. The summed E-state index contributed by atoms with van der Waals surface area (Å²) in [4.78, 5) is 10.4. The number of aldehydes is 1. The third kappa shape index (κ3) is 1.52. The van der Waals surface area contributed by atoms with E-state index in [2.05, 4.69) is 47.8 Å². The van der Waals surface area contributed by atoms with Crippen LogP contribution in [0.5, 0.6) is 0 Å². The van der Waals surface area contributed by atoms with Gasteiger partial charge in [-0.1, -0.05) is 0 Å². The highest BCUT2D eigenvalue weighted by Gasteiger charge is 2.10. The van der Waals surface area contributed by atoms with Gasteiger partial charge >= 0.3 is 0 Å². The summed E-state index contributed by atoms with van der Waals surface area (Å²) in [5.74, 6) is 0. The number of rotatable bonds is 1. The van der Waals surface area contributed by atoms with Crippen LogP contribution < -0.4 is 0 Å². The molecule has 0 aliphatic rings. The molecule has 0 bridgehead atoms. The van der Waals surface area contributed by atoms with Gasteiger partial charge < -0.3 is 0 Å². The van der Waals surface area contributed by atoms with E-state index in [1.807, 2.05) is 0 Å². The predicted molar refractivity (Wildman–Crippen MR) is 52.8 cm³/mol. The van der Waals surface area contributed by atoms with Crippen LogP contribution in [0.1, 0.15) is 10.4 Å². The minimum Gasteiger partial charge on any atom is -0.298 e. The first-order valence-electron chi connectivity index (χ1n) is 2.25. The largest absolute Gasteiger partial charge is 0.298 e. The molecule has 0 atom stereocenters. The lowest BCUT2D eigenvalue weighted by Gasteiger charge is -1.83. The summed E-state index contributed by atoms with van der Waals surface area (Å²) in [6, 6.07) is 0. The first-order chi connectivity index (χ1) is 4.66. The van der Waals surface area contributed by atoms with E-state index < -0.39 is 0 Å². The predicted octanol–water partition coefficient (Wildman–Crippen LogP) is 3.85. The molecule has 0 aliphatic heterocycles. The monoisotopic (exact) mass is 346 g/mol. The van der Waals surface area contributed by atoms with Crippen molar-refractivity contribution in [2.24, 2.45) is 0 Å². The Kier molecular flexibility index (Phi) is 3.09. The molecule has 0 saturated carbocycles. The van der Waals surface area contributed by atoms with E-state index in [9.17, 15) is 4.79 Å². The fraction of sp³-hybridized carbons (Fsp3) is 0. The van der Waals surface area contributed by atoms with Crippen LogP contribution in [-0.2, 0) is 0 Å². The van der Waals surface area contributed by atoms with Gasteiger partial charge in [0.25, 0.3) is 0 Å². The minimum atomic E-state index is 0.664. The van der Waals surface area contributed by atoms with E-state index in [1.54, 1.807) is 0 Å². The quantitative estimate of drug-likeness (QED) is 0.705. The van der Waals surface area contributed by atoms with Crippen molar-refractivity contribution >= 4 is 65.4 Å². The van der Waals surface area contributed by atoms with Gasteiger partial charge in [-0.3, -0.25) is 4.79 Å². The fourth-order valence-corrected chi connectivity index (χ4v) is 4.15. The van der Waals surface area contributed by atoms with Gasteiger partial charge in [0.1, 0.15) is 0 Å². The highest BCUT2D eigenvalue weighted by molar-refractivity contribution is 9.14. The van der Waals surface area contributed by atoms with Crippen LogP contribution in [0, 0.1) is 0 Å². The van der Waals surface area contributed by atoms with Crippen molar-refractivity contribution in [3.05, 3.63) is 17.6 Å². The molecule has 5 heteroatoms. The molecule has 0 fully saturated rings. The standard InChI is InChI=1S/C5HBr3OS/c6-3-2(1-9)4(7)10-5(3)8/h1H. The second-order valence-electron chi connectivity index (χ2n) is 1.49. The summed E-state index contributed by atoms with van der Waals surface area (Å²) in [5, 5.41) is 0. The summed E-state index contributed by atoms with van der Waals surface area (Å²) in [6.45, 7) is 0. The molecular weight excluding hydrogens is 348 g/mol. The van der Waals surface area contributed by atoms with Crippen molar-refractivity contribution in [1.29, 1.82) is 0 Å². The Morgan fingerprint density at radius 3 is 2.00 bits per heavy atom. The first-order valence-corrected chi connectivity index (χ1v) is 5.45. The van der Waals surface area contributed by atoms with Gasteiger partial charge in [-0.2, -0.15) is 0 Å². The molecule has 10 heavy (non-hydrogen) atoms. The Morgan fingerprint density at radius 1 is 1.20 bits per heavy atom. The van der Waals surface area contributed by atoms with Crippen LogP contribution in [0.2, 0.25) is 0 Å².